The summed E-state index contributed by atoms with van der Waals surface area (Å²) in [5, 5.41) is 0. The Morgan fingerprint density at radius 2 is 1.67 bits per heavy atom. The van der Waals surface area contributed by atoms with Gasteiger partial charge in [-0.2, -0.15) is 0 Å². The molecule has 1 heterocycles. The molecule has 48 valence electrons. The first-order valence-electron chi connectivity index (χ1n) is 2.50. The Bertz CT molecular complexity index is 172. The van der Waals surface area contributed by atoms with Crippen molar-refractivity contribution >= 4 is 0 Å². The van der Waals surface area contributed by atoms with Gasteiger partial charge in [-0.3, -0.25) is 0 Å². The third kappa shape index (κ3) is 1.45. The van der Waals surface area contributed by atoms with E-state index in [-0.39, 0.29) is 0 Å². The molecule has 0 fully saturated rings. The van der Waals surface area contributed by atoms with E-state index in [1.165, 1.54) is 17.0 Å². The monoisotopic (exact) mass is 130 g/mol. The highest BCUT2D eigenvalue weighted by molar-refractivity contribution is 4.91. The lowest BCUT2D eigenvalue weighted by molar-refractivity contribution is -0.674. The van der Waals surface area contributed by atoms with E-state index in [0.29, 0.717) is 0 Å². The number of hydrogen-bond acceptors (Lipinski definition) is 0. The highest BCUT2D eigenvalue weighted by Gasteiger charge is 2.00. The molecule has 0 atom stereocenters. The van der Waals surface area contributed by atoms with Crippen LogP contribution in [0.15, 0.2) is 18.5 Å². The molecular formula is C6H6F2N+. The van der Waals surface area contributed by atoms with Crippen LogP contribution in [0.4, 0.5) is 8.78 Å². The SMILES string of the molecule is C[n+]1cc(F)cc(F)c1. The largest absolute Gasteiger partial charge is 0.204 e. The zero-order valence-electron chi connectivity index (χ0n) is 4.94. The summed E-state index contributed by atoms with van der Waals surface area (Å²) in [5.41, 5.74) is 0. The molecular weight excluding hydrogens is 124 g/mol. The van der Waals surface area contributed by atoms with E-state index in [1.807, 2.05) is 0 Å². The number of pyridine rings is 1. The maximum atomic E-state index is 12.2. The van der Waals surface area contributed by atoms with Crippen LogP contribution in [-0.4, -0.2) is 0 Å². The number of aryl methyl sites for hydroxylation is 1. The summed E-state index contributed by atoms with van der Waals surface area (Å²) in [5.74, 6) is -1.12. The van der Waals surface area contributed by atoms with Crippen molar-refractivity contribution in [2.24, 2.45) is 7.05 Å². The second-order valence-electron chi connectivity index (χ2n) is 1.84. The first-order valence-corrected chi connectivity index (χ1v) is 2.50. The predicted octanol–water partition coefficient (Wildman–Crippen LogP) is 0.789. The first kappa shape index (κ1) is 6.13. The van der Waals surface area contributed by atoms with Crippen molar-refractivity contribution in [2.75, 3.05) is 0 Å². The lowest BCUT2D eigenvalue weighted by Gasteiger charge is -1.86. The van der Waals surface area contributed by atoms with E-state index in [9.17, 15) is 8.78 Å². The molecule has 0 aromatic carbocycles. The van der Waals surface area contributed by atoms with Gasteiger partial charge >= 0.3 is 0 Å². The summed E-state index contributed by atoms with van der Waals surface area (Å²) >= 11 is 0. The Morgan fingerprint density at radius 3 is 2.00 bits per heavy atom. The van der Waals surface area contributed by atoms with E-state index in [1.54, 1.807) is 7.05 Å². The van der Waals surface area contributed by atoms with Gasteiger partial charge in [0.2, 0.25) is 12.4 Å². The lowest BCUT2D eigenvalue weighted by Crippen LogP contribution is -2.27. The van der Waals surface area contributed by atoms with E-state index in [2.05, 4.69) is 0 Å². The third-order valence-corrected chi connectivity index (χ3v) is 0.930. The lowest BCUT2D eigenvalue weighted by atomic mass is 10.4. The van der Waals surface area contributed by atoms with Crippen LogP contribution in [0.5, 0.6) is 0 Å². The van der Waals surface area contributed by atoms with Crippen molar-refractivity contribution in [1.82, 2.24) is 0 Å². The Labute approximate surface area is 51.6 Å². The van der Waals surface area contributed by atoms with Crippen LogP contribution in [0.25, 0.3) is 0 Å². The van der Waals surface area contributed by atoms with Gasteiger partial charge in [-0.15, -0.1) is 0 Å². The van der Waals surface area contributed by atoms with Gasteiger partial charge < -0.3 is 0 Å². The molecule has 0 aliphatic carbocycles. The van der Waals surface area contributed by atoms with Crippen LogP contribution in [-0.2, 0) is 7.05 Å². The molecule has 0 spiro atoms. The maximum absolute atomic E-state index is 12.2. The summed E-state index contributed by atoms with van der Waals surface area (Å²) in [7, 11) is 1.56. The predicted molar refractivity (Wildman–Crippen MR) is 27.5 cm³/mol. The van der Waals surface area contributed by atoms with Crippen molar-refractivity contribution in [3.63, 3.8) is 0 Å². The fraction of sp³-hybridized carbons (Fsp3) is 0.167. The molecule has 0 saturated carbocycles. The van der Waals surface area contributed by atoms with Crippen molar-refractivity contribution in [3.8, 4) is 0 Å². The fourth-order valence-corrected chi connectivity index (χ4v) is 0.633. The molecule has 0 saturated heterocycles. The van der Waals surface area contributed by atoms with Crippen molar-refractivity contribution < 1.29 is 13.3 Å². The number of nitrogens with zero attached hydrogens (tertiary/aromatic N) is 1. The molecule has 0 aliphatic heterocycles. The van der Waals surface area contributed by atoms with Gasteiger partial charge in [-0.25, -0.2) is 13.3 Å². The molecule has 0 unspecified atom stereocenters. The van der Waals surface area contributed by atoms with Crippen LogP contribution < -0.4 is 4.57 Å². The molecule has 1 aromatic rings. The highest BCUT2D eigenvalue weighted by atomic mass is 19.1. The van der Waals surface area contributed by atoms with Gasteiger partial charge in [0, 0.05) is 6.07 Å². The van der Waals surface area contributed by atoms with Gasteiger partial charge in [-0.1, -0.05) is 0 Å². The zero-order chi connectivity index (χ0) is 6.85. The molecule has 0 N–H and O–H groups in total. The van der Waals surface area contributed by atoms with E-state index >= 15 is 0 Å². The van der Waals surface area contributed by atoms with Crippen LogP contribution in [0, 0.1) is 11.6 Å². The fourth-order valence-electron chi connectivity index (χ4n) is 0.633. The second kappa shape index (κ2) is 2.09. The van der Waals surface area contributed by atoms with Gasteiger partial charge in [0.1, 0.15) is 7.05 Å². The summed E-state index contributed by atoms with van der Waals surface area (Å²) in [4.78, 5) is 0. The highest BCUT2D eigenvalue weighted by Crippen LogP contribution is 1.94. The van der Waals surface area contributed by atoms with E-state index in [0.717, 1.165) is 6.07 Å². The van der Waals surface area contributed by atoms with E-state index < -0.39 is 11.6 Å². The number of aromatic nitrogens is 1. The normalized spacial score (nSPS) is 9.67. The molecule has 3 heteroatoms. The number of halogens is 2. The summed E-state index contributed by atoms with van der Waals surface area (Å²) < 4.78 is 25.7. The van der Waals surface area contributed by atoms with Crippen molar-refractivity contribution in [3.05, 3.63) is 30.1 Å². The first-order chi connectivity index (χ1) is 4.18. The molecule has 1 aromatic heterocycles. The molecule has 0 aliphatic rings. The smallest absolute Gasteiger partial charge is 0.203 e. The Hall–Kier alpha value is -0.990. The zero-order valence-corrected chi connectivity index (χ0v) is 4.94. The minimum atomic E-state index is -0.558. The van der Waals surface area contributed by atoms with Gasteiger partial charge in [0.05, 0.1) is 0 Å². The van der Waals surface area contributed by atoms with Crippen LogP contribution in [0.3, 0.4) is 0 Å². The Balaban J connectivity index is 3.17. The standard InChI is InChI=1S/C6H6F2N/c1-9-3-5(7)2-6(8)4-9/h2-4H,1H3/q+1. The average molecular weight is 130 g/mol. The van der Waals surface area contributed by atoms with Crippen LogP contribution in [0.2, 0.25) is 0 Å². The third-order valence-electron chi connectivity index (χ3n) is 0.930. The van der Waals surface area contributed by atoms with Gasteiger partial charge in [0.15, 0.2) is 11.6 Å². The van der Waals surface area contributed by atoms with Gasteiger partial charge in [-0.05, 0) is 0 Å². The number of rotatable bonds is 0. The van der Waals surface area contributed by atoms with Crippen molar-refractivity contribution in [1.29, 1.82) is 0 Å². The second-order valence-corrected chi connectivity index (χ2v) is 1.84. The molecule has 0 amide bonds. The minimum absolute atomic E-state index is 0.558. The Morgan fingerprint density at radius 1 is 1.22 bits per heavy atom. The minimum Gasteiger partial charge on any atom is -0.203 e. The molecule has 1 rings (SSSR count). The summed E-state index contributed by atoms with van der Waals surface area (Å²) in [6, 6.07) is 0.833. The maximum Gasteiger partial charge on any atom is 0.204 e. The number of hydrogen-bond donors (Lipinski definition) is 0. The topological polar surface area (TPSA) is 3.88 Å². The average Bonchev–Trinajstić information content (AvgIpc) is 1.59. The van der Waals surface area contributed by atoms with Crippen LogP contribution in [0.1, 0.15) is 0 Å². The summed E-state index contributed by atoms with van der Waals surface area (Å²) in [6.45, 7) is 0. The Kier molecular flexibility index (Phi) is 1.42. The molecule has 0 radical (unpaired) electrons. The quantitative estimate of drug-likeness (QED) is 0.457. The van der Waals surface area contributed by atoms with Crippen LogP contribution >= 0.6 is 0 Å². The van der Waals surface area contributed by atoms with Crippen molar-refractivity contribution in [2.45, 2.75) is 0 Å². The molecule has 0 bridgehead atoms. The van der Waals surface area contributed by atoms with Gasteiger partial charge in [0.25, 0.3) is 0 Å². The molecule has 9 heavy (non-hydrogen) atoms. The van der Waals surface area contributed by atoms with E-state index in [4.69, 9.17) is 0 Å². The molecule has 1 nitrogen and oxygen atoms in total. The summed E-state index contributed by atoms with van der Waals surface area (Å²) in [6.07, 6.45) is 2.40.